The summed E-state index contributed by atoms with van der Waals surface area (Å²) < 4.78 is 24.5. The third-order valence-corrected chi connectivity index (χ3v) is 10.8. The standard InChI is InChI=1S/C40H83O4P/c1-5-9-13-17-21-23-27-31-35-39(33-29-25-19-15-11-7-3)37-43-45(41,42)44-38-40(34-30-26-20-16-12-8-4)36-32-28-24-22-18-14-10-6-2/h39-40H,5-38H2,1-4H3,(H,41,42). The number of hydrogen-bond donors (Lipinski definition) is 1. The second-order valence-corrected chi connectivity index (χ2v) is 15.9. The third-order valence-electron chi connectivity index (χ3n) is 9.81. The molecule has 0 aliphatic carbocycles. The van der Waals surface area contributed by atoms with Gasteiger partial charge < -0.3 is 4.89 Å². The van der Waals surface area contributed by atoms with Gasteiger partial charge in [0.15, 0.2) is 0 Å². The highest BCUT2D eigenvalue weighted by molar-refractivity contribution is 7.47. The van der Waals surface area contributed by atoms with Gasteiger partial charge in [0.2, 0.25) is 0 Å². The average molecular weight is 659 g/mol. The second kappa shape index (κ2) is 35.4. The van der Waals surface area contributed by atoms with Crippen molar-refractivity contribution in [2.45, 2.75) is 233 Å². The molecular formula is C40H83O4P. The number of rotatable bonds is 38. The Balaban J connectivity index is 4.69. The smallest absolute Gasteiger partial charge is 0.302 e. The van der Waals surface area contributed by atoms with E-state index in [1.807, 2.05) is 0 Å². The molecule has 0 fully saturated rings. The Morgan fingerprint density at radius 3 is 0.800 bits per heavy atom. The van der Waals surface area contributed by atoms with E-state index in [4.69, 9.17) is 9.05 Å². The number of hydrogen-bond acceptors (Lipinski definition) is 3. The van der Waals surface area contributed by atoms with Crippen molar-refractivity contribution in [3.63, 3.8) is 0 Å². The van der Waals surface area contributed by atoms with Crippen LogP contribution >= 0.6 is 7.82 Å². The molecule has 0 saturated carbocycles. The van der Waals surface area contributed by atoms with Crippen LogP contribution in [0.4, 0.5) is 0 Å². The van der Waals surface area contributed by atoms with Crippen LogP contribution in [0.15, 0.2) is 0 Å². The maximum absolute atomic E-state index is 13.0. The van der Waals surface area contributed by atoms with Gasteiger partial charge in [0, 0.05) is 0 Å². The second-order valence-electron chi connectivity index (χ2n) is 14.4. The zero-order valence-corrected chi connectivity index (χ0v) is 32.2. The fourth-order valence-corrected chi connectivity index (χ4v) is 7.49. The molecule has 2 unspecified atom stereocenters. The Kier molecular flexibility index (Phi) is 35.5. The molecular weight excluding hydrogens is 575 g/mol. The van der Waals surface area contributed by atoms with Crippen molar-refractivity contribution in [3.8, 4) is 0 Å². The van der Waals surface area contributed by atoms with Crippen LogP contribution in [0.5, 0.6) is 0 Å². The quantitative estimate of drug-likeness (QED) is 0.0530. The predicted octanol–water partition coefficient (Wildman–Crippen LogP) is 14.9. The Morgan fingerprint density at radius 1 is 0.378 bits per heavy atom. The zero-order chi connectivity index (χ0) is 33.1. The molecule has 4 nitrogen and oxygen atoms in total. The molecule has 2 atom stereocenters. The Labute approximate surface area is 284 Å². The van der Waals surface area contributed by atoms with Crippen LogP contribution in [0.1, 0.15) is 233 Å². The maximum atomic E-state index is 13.0. The van der Waals surface area contributed by atoms with E-state index in [9.17, 15) is 9.46 Å². The summed E-state index contributed by atoms with van der Waals surface area (Å²) in [7, 11) is -4.03. The number of phosphoric acid groups is 1. The lowest BCUT2D eigenvalue weighted by Gasteiger charge is -2.22. The third kappa shape index (κ3) is 33.8. The lowest BCUT2D eigenvalue weighted by molar-refractivity contribution is 0.107. The molecule has 0 heterocycles. The molecule has 0 aliphatic heterocycles. The van der Waals surface area contributed by atoms with Gasteiger partial charge in [-0.3, -0.25) is 9.05 Å². The van der Waals surface area contributed by atoms with E-state index in [2.05, 4.69) is 27.7 Å². The van der Waals surface area contributed by atoms with Crippen LogP contribution in [0.25, 0.3) is 0 Å². The van der Waals surface area contributed by atoms with Crippen LogP contribution in [0, 0.1) is 11.8 Å². The predicted molar refractivity (Wildman–Crippen MR) is 199 cm³/mol. The maximum Gasteiger partial charge on any atom is 0.472 e. The highest BCUT2D eigenvalue weighted by Crippen LogP contribution is 2.45. The van der Waals surface area contributed by atoms with Gasteiger partial charge in [-0.15, -0.1) is 0 Å². The molecule has 0 amide bonds. The summed E-state index contributed by atoms with van der Waals surface area (Å²) in [5.41, 5.74) is 0. The fourth-order valence-electron chi connectivity index (χ4n) is 6.62. The molecule has 0 aromatic heterocycles. The summed E-state index contributed by atoms with van der Waals surface area (Å²) in [5, 5.41) is 0. The van der Waals surface area contributed by atoms with Crippen LogP contribution in [-0.4, -0.2) is 18.1 Å². The molecule has 1 N–H and O–H groups in total. The molecule has 5 heteroatoms. The van der Waals surface area contributed by atoms with Gasteiger partial charge in [0.05, 0.1) is 13.2 Å². The summed E-state index contributed by atoms with van der Waals surface area (Å²) in [4.78, 5) is 10.7. The molecule has 0 rings (SSSR count). The highest BCUT2D eigenvalue weighted by atomic mass is 31.2. The lowest BCUT2D eigenvalue weighted by atomic mass is 9.95. The minimum atomic E-state index is -4.03. The first kappa shape index (κ1) is 45.1. The number of phosphoric ester groups is 1. The summed E-state index contributed by atoms with van der Waals surface area (Å²) in [6.45, 7) is 9.79. The molecule has 0 spiro atoms. The summed E-state index contributed by atoms with van der Waals surface area (Å²) >= 11 is 0. The molecule has 0 aromatic carbocycles. The van der Waals surface area contributed by atoms with E-state index in [0.717, 1.165) is 25.7 Å². The molecule has 0 radical (unpaired) electrons. The van der Waals surface area contributed by atoms with Gasteiger partial charge in [-0.05, 0) is 37.5 Å². The van der Waals surface area contributed by atoms with E-state index < -0.39 is 7.82 Å². The highest BCUT2D eigenvalue weighted by Gasteiger charge is 2.25. The van der Waals surface area contributed by atoms with Crippen molar-refractivity contribution in [1.29, 1.82) is 0 Å². The monoisotopic (exact) mass is 659 g/mol. The van der Waals surface area contributed by atoms with E-state index in [1.165, 1.54) is 180 Å². The van der Waals surface area contributed by atoms with Gasteiger partial charge in [0.1, 0.15) is 0 Å². The molecule has 0 aliphatic rings. The fraction of sp³-hybridized carbons (Fsp3) is 1.00. The molecule has 0 aromatic rings. The van der Waals surface area contributed by atoms with Crippen molar-refractivity contribution < 1.29 is 18.5 Å². The minimum Gasteiger partial charge on any atom is -0.302 e. The number of unbranched alkanes of at least 4 members (excludes halogenated alkanes) is 24. The first-order valence-electron chi connectivity index (χ1n) is 20.6. The van der Waals surface area contributed by atoms with E-state index in [1.54, 1.807) is 0 Å². The summed E-state index contributed by atoms with van der Waals surface area (Å²) in [6.07, 6.45) is 40.9. The first-order chi connectivity index (χ1) is 22.0. The first-order valence-corrected chi connectivity index (χ1v) is 22.1. The average Bonchev–Trinajstić information content (AvgIpc) is 3.03. The van der Waals surface area contributed by atoms with E-state index in [0.29, 0.717) is 25.0 Å². The normalized spacial score (nSPS) is 14.5. The zero-order valence-electron chi connectivity index (χ0n) is 31.3. The molecule has 45 heavy (non-hydrogen) atoms. The Bertz CT molecular complexity index is 565. The summed E-state index contributed by atoms with van der Waals surface area (Å²) in [6, 6.07) is 0. The van der Waals surface area contributed by atoms with Crippen LogP contribution in [0.3, 0.4) is 0 Å². The van der Waals surface area contributed by atoms with Gasteiger partial charge in [-0.25, -0.2) is 4.57 Å². The van der Waals surface area contributed by atoms with Crippen LogP contribution in [-0.2, 0) is 13.6 Å². The molecule has 0 saturated heterocycles. The molecule has 272 valence electrons. The van der Waals surface area contributed by atoms with Crippen molar-refractivity contribution in [3.05, 3.63) is 0 Å². The van der Waals surface area contributed by atoms with Gasteiger partial charge in [-0.1, -0.05) is 207 Å². The van der Waals surface area contributed by atoms with Gasteiger partial charge in [-0.2, -0.15) is 0 Å². The van der Waals surface area contributed by atoms with Crippen LogP contribution < -0.4 is 0 Å². The minimum absolute atomic E-state index is 0.358. The SMILES string of the molecule is CCCCCCCCCCC(CCCCCCCC)COP(=O)(O)OCC(CCCCCCCC)CCCCCCCCCC. The van der Waals surface area contributed by atoms with Crippen molar-refractivity contribution >= 4 is 7.82 Å². The van der Waals surface area contributed by atoms with E-state index >= 15 is 0 Å². The van der Waals surface area contributed by atoms with Crippen LogP contribution in [0.2, 0.25) is 0 Å². The van der Waals surface area contributed by atoms with Crippen molar-refractivity contribution in [1.82, 2.24) is 0 Å². The van der Waals surface area contributed by atoms with Gasteiger partial charge >= 0.3 is 7.82 Å². The summed E-state index contributed by atoms with van der Waals surface area (Å²) in [5.74, 6) is 0.716. The molecule has 0 bridgehead atoms. The van der Waals surface area contributed by atoms with Crippen molar-refractivity contribution in [2.24, 2.45) is 11.8 Å². The van der Waals surface area contributed by atoms with Crippen molar-refractivity contribution in [2.75, 3.05) is 13.2 Å². The Hall–Kier alpha value is 0.110. The van der Waals surface area contributed by atoms with E-state index in [-0.39, 0.29) is 0 Å². The lowest BCUT2D eigenvalue weighted by Crippen LogP contribution is -2.13. The Morgan fingerprint density at radius 2 is 0.578 bits per heavy atom. The largest absolute Gasteiger partial charge is 0.472 e. The van der Waals surface area contributed by atoms with Gasteiger partial charge in [0.25, 0.3) is 0 Å². The topological polar surface area (TPSA) is 55.8 Å².